The van der Waals surface area contributed by atoms with Crippen LogP contribution in [-0.4, -0.2) is 25.2 Å². The monoisotopic (exact) mass is 578 g/mol. The first kappa shape index (κ1) is 32.2. The molecule has 220 valence electrons. The summed E-state index contributed by atoms with van der Waals surface area (Å²) in [6, 6.07) is 19.5. The molecule has 0 radical (unpaired) electrons. The smallest absolute Gasteiger partial charge is 0.343 e. The average Bonchev–Trinajstić information content (AvgIpc) is 3.00. The molecular weight excluding hydrogens is 536 g/mol. The first-order valence-corrected chi connectivity index (χ1v) is 15.3. The van der Waals surface area contributed by atoms with Crippen molar-refractivity contribution in [3.8, 4) is 22.6 Å². The van der Waals surface area contributed by atoms with Crippen molar-refractivity contribution in [1.29, 1.82) is 0 Å². The topological polar surface area (TPSA) is 61.8 Å². The highest BCUT2D eigenvalue weighted by Gasteiger charge is 2.13. The van der Waals surface area contributed by atoms with E-state index in [1.54, 1.807) is 42.5 Å². The van der Waals surface area contributed by atoms with Crippen molar-refractivity contribution in [2.75, 3.05) is 13.2 Å². The SMILES string of the molecule is CCCCCCCCCCOc1ccc(C(=O)Oc2ccc(-c3ccc(C(=O)OC[C@@H](C)CC)cc3)cc2)cc1Cl. The Balaban J connectivity index is 1.46. The van der Waals surface area contributed by atoms with Crippen molar-refractivity contribution in [3.63, 3.8) is 0 Å². The highest BCUT2D eigenvalue weighted by molar-refractivity contribution is 6.32. The van der Waals surface area contributed by atoms with Gasteiger partial charge in [0.2, 0.25) is 0 Å². The average molecular weight is 579 g/mol. The van der Waals surface area contributed by atoms with Gasteiger partial charge < -0.3 is 14.2 Å². The van der Waals surface area contributed by atoms with Crippen LogP contribution in [-0.2, 0) is 4.74 Å². The van der Waals surface area contributed by atoms with Gasteiger partial charge in [0, 0.05) is 0 Å². The van der Waals surface area contributed by atoms with Crippen LogP contribution in [0.25, 0.3) is 11.1 Å². The van der Waals surface area contributed by atoms with Gasteiger partial charge >= 0.3 is 11.9 Å². The van der Waals surface area contributed by atoms with E-state index in [-0.39, 0.29) is 5.97 Å². The third kappa shape index (κ3) is 10.9. The molecule has 5 nitrogen and oxygen atoms in total. The van der Waals surface area contributed by atoms with Gasteiger partial charge in [0.1, 0.15) is 11.5 Å². The molecule has 0 N–H and O–H groups in total. The molecule has 1 atom stereocenters. The zero-order chi connectivity index (χ0) is 29.5. The highest BCUT2D eigenvalue weighted by atomic mass is 35.5. The molecule has 3 aromatic rings. The summed E-state index contributed by atoms with van der Waals surface area (Å²) in [5, 5.41) is 0.390. The summed E-state index contributed by atoms with van der Waals surface area (Å²) in [6.45, 7) is 7.38. The molecule has 0 amide bonds. The number of rotatable bonds is 17. The van der Waals surface area contributed by atoms with Crippen molar-refractivity contribution >= 4 is 23.5 Å². The first-order valence-electron chi connectivity index (χ1n) is 14.9. The summed E-state index contributed by atoms with van der Waals surface area (Å²) >= 11 is 6.38. The summed E-state index contributed by atoms with van der Waals surface area (Å²) < 4.78 is 16.7. The Hall–Kier alpha value is -3.31. The fourth-order valence-electron chi connectivity index (χ4n) is 4.26. The number of halogens is 1. The number of esters is 2. The van der Waals surface area contributed by atoms with Gasteiger partial charge in [0.05, 0.1) is 29.4 Å². The van der Waals surface area contributed by atoms with Crippen molar-refractivity contribution in [3.05, 3.63) is 82.9 Å². The van der Waals surface area contributed by atoms with E-state index in [2.05, 4.69) is 20.8 Å². The molecule has 0 fully saturated rings. The molecule has 0 bridgehead atoms. The first-order chi connectivity index (χ1) is 19.9. The lowest BCUT2D eigenvalue weighted by atomic mass is 10.0. The van der Waals surface area contributed by atoms with E-state index >= 15 is 0 Å². The summed E-state index contributed by atoms with van der Waals surface area (Å²) in [5.41, 5.74) is 2.75. The molecule has 0 saturated carbocycles. The zero-order valence-corrected chi connectivity index (χ0v) is 25.4. The van der Waals surface area contributed by atoms with Gasteiger partial charge in [-0.25, -0.2) is 9.59 Å². The molecule has 0 aromatic heterocycles. The molecule has 6 heteroatoms. The minimum absolute atomic E-state index is 0.317. The van der Waals surface area contributed by atoms with Crippen LogP contribution >= 0.6 is 11.6 Å². The van der Waals surface area contributed by atoms with Gasteiger partial charge in [-0.3, -0.25) is 0 Å². The fourth-order valence-corrected chi connectivity index (χ4v) is 4.50. The molecule has 3 aromatic carbocycles. The largest absolute Gasteiger partial charge is 0.492 e. The third-order valence-corrected chi connectivity index (χ3v) is 7.43. The van der Waals surface area contributed by atoms with Gasteiger partial charge in [-0.2, -0.15) is 0 Å². The number of hydrogen-bond donors (Lipinski definition) is 0. The van der Waals surface area contributed by atoms with Gasteiger partial charge in [-0.15, -0.1) is 0 Å². The number of hydrogen-bond acceptors (Lipinski definition) is 5. The Morgan fingerprint density at radius 2 is 1.32 bits per heavy atom. The van der Waals surface area contributed by atoms with E-state index in [4.69, 9.17) is 25.8 Å². The maximum absolute atomic E-state index is 12.7. The van der Waals surface area contributed by atoms with E-state index in [0.29, 0.717) is 46.8 Å². The minimum atomic E-state index is -0.491. The van der Waals surface area contributed by atoms with Crippen molar-refractivity contribution in [1.82, 2.24) is 0 Å². The predicted molar refractivity (Wildman–Crippen MR) is 166 cm³/mol. The van der Waals surface area contributed by atoms with Crippen LogP contribution in [0.15, 0.2) is 66.7 Å². The lowest BCUT2D eigenvalue weighted by Gasteiger charge is -2.11. The molecule has 0 aliphatic heterocycles. The maximum Gasteiger partial charge on any atom is 0.343 e. The lowest BCUT2D eigenvalue weighted by molar-refractivity contribution is 0.0447. The quantitative estimate of drug-likeness (QED) is 0.0905. The Kier molecular flexibility index (Phi) is 13.7. The number of carbonyl (C=O) groups is 2. The number of benzene rings is 3. The number of ether oxygens (including phenoxy) is 3. The molecule has 0 aliphatic carbocycles. The minimum Gasteiger partial charge on any atom is -0.492 e. The second kappa shape index (κ2) is 17.5. The Bertz CT molecular complexity index is 1220. The molecule has 0 unspecified atom stereocenters. The van der Waals surface area contributed by atoms with Crippen LogP contribution in [0.2, 0.25) is 5.02 Å². The third-order valence-electron chi connectivity index (χ3n) is 7.14. The van der Waals surface area contributed by atoms with Crippen LogP contribution in [0, 0.1) is 5.92 Å². The molecule has 0 spiro atoms. The molecular formula is C35H43ClO5. The van der Waals surface area contributed by atoms with Crippen molar-refractivity contribution in [2.24, 2.45) is 5.92 Å². The van der Waals surface area contributed by atoms with Crippen LogP contribution in [0.5, 0.6) is 11.5 Å². The molecule has 0 saturated heterocycles. The van der Waals surface area contributed by atoms with Crippen LogP contribution < -0.4 is 9.47 Å². The van der Waals surface area contributed by atoms with E-state index < -0.39 is 5.97 Å². The summed E-state index contributed by atoms with van der Waals surface area (Å²) in [6.07, 6.45) is 10.8. The molecule has 0 heterocycles. The van der Waals surface area contributed by atoms with E-state index in [0.717, 1.165) is 30.4 Å². The molecule has 0 aliphatic rings. The van der Waals surface area contributed by atoms with Crippen LogP contribution in [0.4, 0.5) is 0 Å². The second-order valence-electron chi connectivity index (χ2n) is 10.6. The van der Waals surface area contributed by atoms with Crippen LogP contribution in [0.3, 0.4) is 0 Å². The van der Waals surface area contributed by atoms with Gasteiger partial charge in [-0.05, 0) is 65.9 Å². The van der Waals surface area contributed by atoms with Crippen molar-refractivity contribution < 1.29 is 23.8 Å². The normalized spacial score (nSPS) is 11.6. The Labute approximate surface area is 250 Å². The van der Waals surface area contributed by atoms with E-state index in [1.165, 1.54) is 38.5 Å². The molecule has 3 rings (SSSR count). The van der Waals surface area contributed by atoms with Crippen LogP contribution in [0.1, 0.15) is 99.3 Å². The lowest BCUT2D eigenvalue weighted by Crippen LogP contribution is -2.11. The second-order valence-corrected chi connectivity index (χ2v) is 11.0. The van der Waals surface area contributed by atoms with Gasteiger partial charge in [0.25, 0.3) is 0 Å². The molecule has 41 heavy (non-hydrogen) atoms. The van der Waals surface area contributed by atoms with Gasteiger partial charge in [0.15, 0.2) is 0 Å². The zero-order valence-electron chi connectivity index (χ0n) is 24.6. The summed E-state index contributed by atoms with van der Waals surface area (Å²) in [4.78, 5) is 25.0. The number of unbranched alkanes of at least 4 members (excludes halogenated alkanes) is 7. The maximum atomic E-state index is 12.7. The van der Waals surface area contributed by atoms with E-state index in [9.17, 15) is 9.59 Å². The fraction of sp³-hybridized carbons (Fsp3) is 0.429. The Morgan fingerprint density at radius 1 is 0.732 bits per heavy atom. The summed E-state index contributed by atoms with van der Waals surface area (Å²) in [7, 11) is 0. The standard InChI is InChI=1S/C35H43ClO5/c1-4-6-7-8-9-10-11-12-23-39-33-22-19-30(24-32(33)36)35(38)41-31-20-17-28(18-21-31)27-13-15-29(16-14-27)34(37)40-25-26(3)5-2/h13-22,24,26H,4-12,23,25H2,1-3H3/t26-/m0/s1. The highest BCUT2D eigenvalue weighted by Crippen LogP contribution is 2.28. The van der Waals surface area contributed by atoms with Gasteiger partial charge in [-0.1, -0.05) is 108 Å². The summed E-state index contributed by atoms with van der Waals surface area (Å²) in [5.74, 6) is 0.530. The number of carbonyl (C=O) groups excluding carboxylic acids is 2. The van der Waals surface area contributed by atoms with E-state index in [1.807, 2.05) is 24.3 Å². The Morgan fingerprint density at radius 3 is 1.93 bits per heavy atom. The predicted octanol–water partition coefficient (Wildman–Crippen LogP) is 9.95. The van der Waals surface area contributed by atoms with Crippen molar-refractivity contribution in [2.45, 2.75) is 78.6 Å².